The zero-order chi connectivity index (χ0) is 14.7. The van der Waals surface area contributed by atoms with E-state index in [2.05, 4.69) is 5.32 Å². The number of nitrogens with one attached hydrogen (secondary N) is 1. The first-order chi connectivity index (χ1) is 10.8. The van der Waals surface area contributed by atoms with Crippen LogP contribution in [0.3, 0.4) is 0 Å². The van der Waals surface area contributed by atoms with Crippen molar-refractivity contribution >= 4 is 16.7 Å². The van der Waals surface area contributed by atoms with Gasteiger partial charge in [0.15, 0.2) is 5.76 Å². The second-order valence-corrected chi connectivity index (χ2v) is 7.58. The topological polar surface area (TPSA) is 42.2 Å². The van der Waals surface area contributed by atoms with Gasteiger partial charge in [-0.25, -0.2) is 0 Å². The fourth-order valence-electron chi connectivity index (χ4n) is 5.55. The molecule has 4 saturated carbocycles. The van der Waals surface area contributed by atoms with Crippen molar-refractivity contribution in [2.45, 2.75) is 38.1 Å². The van der Waals surface area contributed by atoms with Gasteiger partial charge in [0, 0.05) is 16.8 Å². The van der Waals surface area contributed by atoms with Crippen molar-refractivity contribution in [3.63, 3.8) is 0 Å². The number of fused-ring (bicyclic) bond motifs is 1. The van der Waals surface area contributed by atoms with Crippen LogP contribution in [-0.4, -0.2) is 11.9 Å². The Bertz CT molecular complexity index is 704. The third kappa shape index (κ3) is 1.84. The lowest BCUT2D eigenvalue weighted by Gasteiger charge is -2.54. The summed E-state index contributed by atoms with van der Waals surface area (Å²) in [4.78, 5) is 12.7. The Labute approximate surface area is 130 Å². The number of rotatable bonds is 2. The summed E-state index contributed by atoms with van der Waals surface area (Å²) in [6.07, 6.45) is 8.39. The molecule has 1 aromatic heterocycles. The second kappa shape index (κ2) is 4.61. The minimum absolute atomic E-state index is 0.0290. The molecule has 4 aliphatic carbocycles. The van der Waals surface area contributed by atoms with Crippen molar-refractivity contribution in [2.24, 2.45) is 23.7 Å². The normalized spacial score (nSPS) is 35.9. The first-order valence-corrected chi connectivity index (χ1v) is 8.55. The predicted octanol–water partition coefficient (Wildman–Crippen LogP) is 3.99. The highest BCUT2D eigenvalue weighted by molar-refractivity contribution is 6.04. The van der Waals surface area contributed by atoms with Crippen LogP contribution in [0, 0.1) is 23.7 Å². The molecule has 1 heterocycles. The van der Waals surface area contributed by atoms with Gasteiger partial charge >= 0.3 is 0 Å². The van der Waals surface area contributed by atoms with E-state index in [-0.39, 0.29) is 5.91 Å². The zero-order valence-electron chi connectivity index (χ0n) is 12.6. The molecule has 22 heavy (non-hydrogen) atoms. The zero-order valence-corrected chi connectivity index (χ0v) is 12.6. The second-order valence-electron chi connectivity index (χ2n) is 7.58. The number of hydrogen-bond donors (Lipinski definition) is 1. The Balaban J connectivity index is 1.41. The molecule has 0 radical (unpaired) electrons. The molecule has 0 saturated heterocycles. The number of carbonyl (C=O) groups is 1. The van der Waals surface area contributed by atoms with Gasteiger partial charge in [-0.15, -0.1) is 0 Å². The van der Waals surface area contributed by atoms with E-state index in [9.17, 15) is 4.79 Å². The molecule has 3 nitrogen and oxygen atoms in total. The summed E-state index contributed by atoms with van der Waals surface area (Å²) in [6.45, 7) is 0. The SMILES string of the molecule is O=C(NC1C2CC3CC(C2)CC1C3)c1occ2ccccc12. The molecule has 0 unspecified atom stereocenters. The first kappa shape index (κ1) is 12.7. The fourth-order valence-corrected chi connectivity index (χ4v) is 5.55. The maximum absolute atomic E-state index is 12.7. The van der Waals surface area contributed by atoms with E-state index < -0.39 is 0 Å². The minimum atomic E-state index is -0.0290. The van der Waals surface area contributed by atoms with Crippen LogP contribution >= 0.6 is 0 Å². The molecule has 1 amide bonds. The van der Waals surface area contributed by atoms with Crippen LogP contribution in [0.2, 0.25) is 0 Å². The molecule has 0 atom stereocenters. The molecule has 6 rings (SSSR count). The van der Waals surface area contributed by atoms with Crippen molar-refractivity contribution < 1.29 is 9.21 Å². The average Bonchev–Trinajstić information content (AvgIpc) is 2.94. The Morgan fingerprint density at radius 1 is 1.00 bits per heavy atom. The van der Waals surface area contributed by atoms with Crippen molar-refractivity contribution in [1.29, 1.82) is 0 Å². The van der Waals surface area contributed by atoms with Crippen LogP contribution in [0.5, 0.6) is 0 Å². The Hall–Kier alpha value is -1.77. The largest absolute Gasteiger partial charge is 0.458 e. The Morgan fingerprint density at radius 3 is 2.41 bits per heavy atom. The van der Waals surface area contributed by atoms with Crippen molar-refractivity contribution in [1.82, 2.24) is 5.32 Å². The standard InChI is InChI=1S/C19H21NO2/c21-19(18-16-4-2-1-3-13(16)10-22-18)20-17-14-6-11-5-12(8-14)9-15(17)7-11/h1-4,10-12,14-15,17H,5-9H2,(H,20,21). The molecule has 2 aromatic rings. The number of carbonyl (C=O) groups excluding carboxylic acids is 1. The Kier molecular flexibility index (Phi) is 2.67. The molecular formula is C19H21NO2. The van der Waals surface area contributed by atoms with E-state index in [0.29, 0.717) is 23.6 Å². The maximum atomic E-state index is 12.7. The molecule has 4 bridgehead atoms. The van der Waals surface area contributed by atoms with Crippen LogP contribution in [0.15, 0.2) is 34.9 Å². The lowest BCUT2D eigenvalue weighted by Crippen LogP contribution is -2.55. The maximum Gasteiger partial charge on any atom is 0.287 e. The smallest absolute Gasteiger partial charge is 0.287 e. The van der Waals surface area contributed by atoms with Gasteiger partial charge in [-0.1, -0.05) is 24.3 Å². The third-order valence-corrected chi connectivity index (χ3v) is 6.24. The van der Waals surface area contributed by atoms with Gasteiger partial charge in [0.2, 0.25) is 0 Å². The van der Waals surface area contributed by atoms with E-state index in [0.717, 1.165) is 22.6 Å². The molecule has 114 valence electrons. The van der Waals surface area contributed by atoms with E-state index in [4.69, 9.17) is 4.42 Å². The molecular weight excluding hydrogens is 274 g/mol. The molecule has 4 aliphatic rings. The summed E-state index contributed by atoms with van der Waals surface area (Å²) < 4.78 is 5.56. The van der Waals surface area contributed by atoms with Gasteiger partial charge in [0.05, 0.1) is 6.26 Å². The highest BCUT2D eigenvalue weighted by Gasteiger charge is 2.48. The third-order valence-electron chi connectivity index (χ3n) is 6.24. The van der Waals surface area contributed by atoms with Crippen molar-refractivity contribution in [3.8, 4) is 0 Å². The highest BCUT2D eigenvalue weighted by atomic mass is 16.3. The van der Waals surface area contributed by atoms with E-state index in [1.807, 2.05) is 24.3 Å². The predicted molar refractivity (Wildman–Crippen MR) is 84.5 cm³/mol. The molecule has 0 spiro atoms. The number of hydrogen-bond acceptors (Lipinski definition) is 2. The lowest BCUT2D eigenvalue weighted by molar-refractivity contribution is -0.0122. The highest BCUT2D eigenvalue weighted by Crippen LogP contribution is 2.53. The van der Waals surface area contributed by atoms with Crippen molar-refractivity contribution in [3.05, 3.63) is 36.3 Å². The van der Waals surface area contributed by atoms with Gasteiger partial charge in [-0.2, -0.15) is 0 Å². The van der Waals surface area contributed by atoms with E-state index in [1.54, 1.807) is 6.26 Å². The minimum Gasteiger partial charge on any atom is -0.458 e. The average molecular weight is 295 g/mol. The van der Waals surface area contributed by atoms with Crippen LogP contribution in [0.4, 0.5) is 0 Å². The monoisotopic (exact) mass is 295 g/mol. The molecule has 1 N–H and O–H groups in total. The summed E-state index contributed by atoms with van der Waals surface area (Å²) in [5, 5.41) is 5.24. The van der Waals surface area contributed by atoms with E-state index >= 15 is 0 Å². The molecule has 3 heteroatoms. The van der Waals surface area contributed by atoms with Gasteiger partial charge in [0.1, 0.15) is 0 Å². The van der Waals surface area contributed by atoms with E-state index in [1.165, 1.54) is 32.1 Å². The van der Waals surface area contributed by atoms with Crippen LogP contribution in [0.1, 0.15) is 42.7 Å². The summed E-state index contributed by atoms with van der Waals surface area (Å²) in [6, 6.07) is 8.24. The Morgan fingerprint density at radius 2 is 1.68 bits per heavy atom. The lowest BCUT2D eigenvalue weighted by atomic mass is 9.54. The fraction of sp³-hybridized carbons (Fsp3) is 0.526. The molecule has 4 fully saturated rings. The van der Waals surface area contributed by atoms with Gasteiger partial charge in [-0.3, -0.25) is 4.79 Å². The summed E-state index contributed by atoms with van der Waals surface area (Å²) in [5.74, 6) is 3.70. The van der Waals surface area contributed by atoms with Gasteiger partial charge in [-0.05, 0) is 55.8 Å². The summed E-state index contributed by atoms with van der Waals surface area (Å²) in [5.41, 5.74) is 0. The van der Waals surface area contributed by atoms with Crippen molar-refractivity contribution in [2.75, 3.05) is 0 Å². The molecule has 1 aromatic carbocycles. The molecule has 0 aliphatic heterocycles. The summed E-state index contributed by atoms with van der Waals surface area (Å²) >= 11 is 0. The summed E-state index contributed by atoms with van der Waals surface area (Å²) in [7, 11) is 0. The first-order valence-electron chi connectivity index (χ1n) is 8.55. The van der Waals surface area contributed by atoms with Crippen LogP contribution in [0.25, 0.3) is 10.8 Å². The van der Waals surface area contributed by atoms with Crippen LogP contribution < -0.4 is 5.32 Å². The van der Waals surface area contributed by atoms with Gasteiger partial charge in [0.25, 0.3) is 5.91 Å². The van der Waals surface area contributed by atoms with Crippen LogP contribution in [-0.2, 0) is 0 Å². The number of benzene rings is 1. The number of furan rings is 1. The quantitative estimate of drug-likeness (QED) is 0.910. The number of amides is 1. The van der Waals surface area contributed by atoms with Gasteiger partial charge < -0.3 is 9.73 Å².